The maximum absolute atomic E-state index is 5.57. The summed E-state index contributed by atoms with van der Waals surface area (Å²) in [6.07, 6.45) is 0.944. The number of benzene rings is 2. The first-order valence-electron chi connectivity index (χ1n) is 5.65. The van der Waals surface area contributed by atoms with Gasteiger partial charge < -0.3 is 5.73 Å². The standard InChI is InChI=1S/C15H17N.ClH/c1-12-5-7-14(8-6-12)15-4-2-3-13(11-15)9-10-16;/h2-8,11H,9-10,16H2,1H3;1H. The van der Waals surface area contributed by atoms with Crippen molar-refractivity contribution in [3.63, 3.8) is 0 Å². The highest BCUT2D eigenvalue weighted by Crippen LogP contribution is 2.20. The van der Waals surface area contributed by atoms with Crippen molar-refractivity contribution in [3.05, 3.63) is 59.7 Å². The Bertz CT molecular complexity index is 463. The van der Waals surface area contributed by atoms with Crippen LogP contribution in [-0.4, -0.2) is 6.54 Å². The summed E-state index contributed by atoms with van der Waals surface area (Å²) >= 11 is 0. The van der Waals surface area contributed by atoms with E-state index < -0.39 is 0 Å². The van der Waals surface area contributed by atoms with Gasteiger partial charge in [0.2, 0.25) is 0 Å². The molecule has 0 fully saturated rings. The van der Waals surface area contributed by atoms with Crippen molar-refractivity contribution in [2.75, 3.05) is 6.54 Å². The molecule has 17 heavy (non-hydrogen) atoms. The molecular formula is C15H18ClN. The van der Waals surface area contributed by atoms with Crippen molar-refractivity contribution in [2.24, 2.45) is 5.73 Å². The Kier molecular flexibility index (Phi) is 5.20. The van der Waals surface area contributed by atoms with E-state index in [0.29, 0.717) is 6.54 Å². The van der Waals surface area contributed by atoms with Crippen LogP contribution in [0.1, 0.15) is 11.1 Å². The van der Waals surface area contributed by atoms with Gasteiger partial charge in [-0.1, -0.05) is 54.1 Å². The van der Waals surface area contributed by atoms with Crippen LogP contribution in [0.2, 0.25) is 0 Å². The molecule has 90 valence electrons. The maximum atomic E-state index is 5.57. The fourth-order valence-corrected chi connectivity index (χ4v) is 1.82. The Hall–Kier alpha value is -1.31. The van der Waals surface area contributed by atoms with Gasteiger partial charge in [-0.3, -0.25) is 0 Å². The number of aryl methyl sites for hydroxylation is 1. The third-order valence-electron chi connectivity index (χ3n) is 2.74. The molecule has 2 heteroatoms. The molecule has 0 spiro atoms. The fraction of sp³-hybridized carbons (Fsp3) is 0.200. The molecule has 0 atom stereocenters. The molecule has 0 saturated heterocycles. The van der Waals surface area contributed by atoms with Crippen LogP contribution in [0.25, 0.3) is 11.1 Å². The van der Waals surface area contributed by atoms with Gasteiger partial charge in [0.05, 0.1) is 0 Å². The molecule has 0 unspecified atom stereocenters. The number of nitrogens with two attached hydrogens (primary N) is 1. The Morgan fingerprint density at radius 2 is 1.65 bits per heavy atom. The van der Waals surface area contributed by atoms with Gasteiger partial charge >= 0.3 is 0 Å². The molecular weight excluding hydrogens is 230 g/mol. The van der Waals surface area contributed by atoms with E-state index in [4.69, 9.17) is 5.73 Å². The first-order valence-corrected chi connectivity index (χ1v) is 5.65. The summed E-state index contributed by atoms with van der Waals surface area (Å²) < 4.78 is 0. The summed E-state index contributed by atoms with van der Waals surface area (Å²) in [5, 5.41) is 0. The number of halogens is 1. The van der Waals surface area contributed by atoms with Gasteiger partial charge in [-0.25, -0.2) is 0 Å². The van der Waals surface area contributed by atoms with E-state index in [0.717, 1.165) is 6.42 Å². The number of hydrogen-bond acceptors (Lipinski definition) is 1. The summed E-state index contributed by atoms with van der Waals surface area (Å²) in [7, 11) is 0. The van der Waals surface area contributed by atoms with Gasteiger partial charge in [-0.05, 0) is 36.6 Å². The fourth-order valence-electron chi connectivity index (χ4n) is 1.82. The Morgan fingerprint density at radius 1 is 0.941 bits per heavy atom. The highest BCUT2D eigenvalue weighted by molar-refractivity contribution is 5.85. The molecule has 0 bridgehead atoms. The van der Waals surface area contributed by atoms with Crippen LogP contribution >= 0.6 is 12.4 Å². The van der Waals surface area contributed by atoms with Crippen LogP contribution in [0.3, 0.4) is 0 Å². The van der Waals surface area contributed by atoms with Crippen LogP contribution in [0.5, 0.6) is 0 Å². The maximum Gasteiger partial charge on any atom is -0.00367 e. The first kappa shape index (κ1) is 13.8. The summed E-state index contributed by atoms with van der Waals surface area (Å²) in [5.41, 5.74) is 10.7. The lowest BCUT2D eigenvalue weighted by molar-refractivity contribution is 0.969. The predicted molar refractivity (Wildman–Crippen MR) is 76.6 cm³/mol. The smallest absolute Gasteiger partial charge is 0.00367 e. The highest BCUT2D eigenvalue weighted by Gasteiger charge is 1.98. The van der Waals surface area contributed by atoms with E-state index in [9.17, 15) is 0 Å². The van der Waals surface area contributed by atoms with E-state index in [1.807, 2.05) is 0 Å². The molecule has 2 aromatic carbocycles. The number of hydrogen-bond donors (Lipinski definition) is 1. The van der Waals surface area contributed by atoms with Crippen LogP contribution in [-0.2, 0) is 6.42 Å². The third kappa shape index (κ3) is 3.58. The molecule has 2 aromatic rings. The highest BCUT2D eigenvalue weighted by atomic mass is 35.5. The average Bonchev–Trinajstić information content (AvgIpc) is 2.31. The molecule has 0 radical (unpaired) electrons. The van der Waals surface area contributed by atoms with Gasteiger partial charge in [-0.15, -0.1) is 12.4 Å². The zero-order valence-electron chi connectivity index (χ0n) is 10.0. The van der Waals surface area contributed by atoms with E-state index in [1.54, 1.807) is 0 Å². The Labute approximate surface area is 109 Å². The van der Waals surface area contributed by atoms with Gasteiger partial charge in [0.15, 0.2) is 0 Å². The van der Waals surface area contributed by atoms with Gasteiger partial charge in [-0.2, -0.15) is 0 Å². The Balaban J connectivity index is 0.00000144. The van der Waals surface area contributed by atoms with Crippen molar-refractivity contribution in [3.8, 4) is 11.1 Å². The molecule has 2 rings (SSSR count). The monoisotopic (exact) mass is 247 g/mol. The van der Waals surface area contributed by atoms with E-state index >= 15 is 0 Å². The van der Waals surface area contributed by atoms with Gasteiger partial charge in [0, 0.05) is 0 Å². The largest absolute Gasteiger partial charge is 0.330 e. The molecule has 0 aliphatic rings. The predicted octanol–water partition coefficient (Wildman–Crippen LogP) is 3.59. The minimum Gasteiger partial charge on any atom is -0.330 e. The second-order valence-corrected chi connectivity index (χ2v) is 4.11. The van der Waals surface area contributed by atoms with Crippen LogP contribution in [0, 0.1) is 6.92 Å². The molecule has 2 N–H and O–H groups in total. The Morgan fingerprint density at radius 3 is 2.29 bits per heavy atom. The zero-order chi connectivity index (χ0) is 11.4. The summed E-state index contributed by atoms with van der Waals surface area (Å²) in [4.78, 5) is 0. The lowest BCUT2D eigenvalue weighted by Crippen LogP contribution is -2.02. The molecule has 0 saturated carbocycles. The van der Waals surface area contributed by atoms with Crippen molar-refractivity contribution in [1.29, 1.82) is 0 Å². The van der Waals surface area contributed by atoms with Crippen molar-refractivity contribution in [1.82, 2.24) is 0 Å². The first-order chi connectivity index (χ1) is 7.79. The van der Waals surface area contributed by atoms with E-state index in [1.165, 1.54) is 22.3 Å². The quantitative estimate of drug-likeness (QED) is 0.882. The topological polar surface area (TPSA) is 26.0 Å². The normalized spacial score (nSPS) is 9.76. The molecule has 0 aliphatic carbocycles. The van der Waals surface area contributed by atoms with E-state index in [2.05, 4.69) is 55.5 Å². The SMILES string of the molecule is Cc1ccc(-c2cccc(CCN)c2)cc1.Cl. The van der Waals surface area contributed by atoms with Crippen LogP contribution < -0.4 is 5.73 Å². The average molecular weight is 248 g/mol. The van der Waals surface area contributed by atoms with Gasteiger partial charge in [0.1, 0.15) is 0 Å². The molecule has 0 amide bonds. The second kappa shape index (κ2) is 6.43. The third-order valence-corrected chi connectivity index (χ3v) is 2.74. The molecule has 0 heterocycles. The molecule has 1 nitrogen and oxygen atoms in total. The minimum absolute atomic E-state index is 0. The zero-order valence-corrected chi connectivity index (χ0v) is 10.8. The summed E-state index contributed by atoms with van der Waals surface area (Å²) in [5.74, 6) is 0. The summed E-state index contributed by atoms with van der Waals surface area (Å²) in [6, 6.07) is 17.2. The summed E-state index contributed by atoms with van der Waals surface area (Å²) in [6.45, 7) is 2.81. The minimum atomic E-state index is 0. The van der Waals surface area contributed by atoms with E-state index in [-0.39, 0.29) is 12.4 Å². The lowest BCUT2D eigenvalue weighted by Gasteiger charge is -2.05. The van der Waals surface area contributed by atoms with Crippen LogP contribution in [0.15, 0.2) is 48.5 Å². The molecule has 0 aliphatic heterocycles. The molecule has 0 aromatic heterocycles. The van der Waals surface area contributed by atoms with Gasteiger partial charge in [0.25, 0.3) is 0 Å². The van der Waals surface area contributed by atoms with Crippen molar-refractivity contribution in [2.45, 2.75) is 13.3 Å². The van der Waals surface area contributed by atoms with Crippen molar-refractivity contribution < 1.29 is 0 Å². The second-order valence-electron chi connectivity index (χ2n) is 4.11. The van der Waals surface area contributed by atoms with Crippen molar-refractivity contribution >= 4 is 12.4 Å². The lowest BCUT2D eigenvalue weighted by atomic mass is 10.0. The van der Waals surface area contributed by atoms with Crippen LogP contribution in [0.4, 0.5) is 0 Å². The number of rotatable bonds is 3.